The van der Waals surface area contributed by atoms with Crippen molar-refractivity contribution in [2.24, 2.45) is 0 Å². The molecule has 0 rings (SSSR count). The molecule has 2 atom stereocenters. The Bertz CT molecular complexity index is 1430. The van der Waals surface area contributed by atoms with Crippen LogP contribution in [0.2, 0.25) is 0 Å². The number of ether oxygens (including phenoxy) is 1. The van der Waals surface area contributed by atoms with Gasteiger partial charge in [-0.05, 0) is 83.5 Å². The largest absolute Gasteiger partial charge is 0.466 e. The number of aliphatic hydroxyl groups excluding tert-OH is 2. The number of allylic oxidation sites excluding steroid dienone is 6. The van der Waals surface area contributed by atoms with Crippen LogP contribution in [-0.2, 0) is 14.3 Å². The highest BCUT2D eigenvalue weighted by atomic mass is 16.5. The van der Waals surface area contributed by atoms with Gasteiger partial charge in [-0.25, -0.2) is 0 Å². The molecule has 0 radical (unpaired) electrons. The maximum absolute atomic E-state index is 12.6. The van der Waals surface area contributed by atoms with Crippen LogP contribution in [0.5, 0.6) is 0 Å². The quantitative estimate of drug-likeness (QED) is 0.0320. The zero-order valence-electron chi connectivity index (χ0n) is 59.7. The van der Waals surface area contributed by atoms with Gasteiger partial charge in [0, 0.05) is 12.8 Å². The first kappa shape index (κ1) is 86.1. The molecule has 0 fully saturated rings. The number of hydrogen-bond acceptors (Lipinski definition) is 5. The Balaban J connectivity index is 3.35. The molecule has 88 heavy (non-hydrogen) atoms. The van der Waals surface area contributed by atoms with E-state index in [0.29, 0.717) is 25.9 Å². The van der Waals surface area contributed by atoms with E-state index >= 15 is 0 Å². The zero-order chi connectivity index (χ0) is 63.5. The Morgan fingerprint density at radius 1 is 0.318 bits per heavy atom. The Morgan fingerprint density at radius 2 is 0.568 bits per heavy atom. The van der Waals surface area contributed by atoms with Crippen molar-refractivity contribution in [3.05, 3.63) is 36.5 Å². The maximum Gasteiger partial charge on any atom is 0.305 e. The molecule has 0 aliphatic carbocycles. The second kappa shape index (κ2) is 77.5. The van der Waals surface area contributed by atoms with E-state index < -0.39 is 12.1 Å². The van der Waals surface area contributed by atoms with Crippen molar-refractivity contribution in [2.45, 2.75) is 463 Å². The lowest BCUT2D eigenvalue weighted by atomic mass is 10.0. The minimum atomic E-state index is -0.664. The van der Waals surface area contributed by atoms with Crippen LogP contribution in [0.3, 0.4) is 0 Å². The van der Waals surface area contributed by atoms with Gasteiger partial charge in [0.05, 0.1) is 25.4 Å². The normalized spacial score (nSPS) is 12.6. The fourth-order valence-corrected chi connectivity index (χ4v) is 12.8. The van der Waals surface area contributed by atoms with Crippen LogP contribution >= 0.6 is 0 Å². The van der Waals surface area contributed by atoms with Crippen LogP contribution in [0.25, 0.3) is 0 Å². The van der Waals surface area contributed by atoms with Gasteiger partial charge in [0.2, 0.25) is 5.91 Å². The molecule has 0 spiro atoms. The lowest BCUT2D eigenvalue weighted by Crippen LogP contribution is -2.45. The number of nitrogens with one attached hydrogen (secondary N) is 1. The monoisotopic (exact) mass is 1240 g/mol. The minimum absolute atomic E-state index is 0.0153. The predicted octanol–water partition coefficient (Wildman–Crippen LogP) is 26.6. The Kier molecular flexibility index (Phi) is 75.8. The molecule has 0 aromatic heterocycles. The standard InChI is InChI=1S/C82H157NO5/c1-3-5-7-9-11-13-15-17-19-21-23-39-42-46-50-54-58-62-66-70-74-80(85)79(78-84)83-81(86)75-71-67-63-59-55-51-47-43-40-36-34-32-30-28-26-24-25-27-29-31-33-35-37-41-45-49-53-57-61-65-69-73-77-88-82(87)76-72-68-64-60-56-52-48-44-38-22-20-18-16-14-12-10-8-6-4-2/h12,14,18,20,27,29,79-80,84-85H,3-11,13,15-17,19,21-26,28,30-78H2,1-2H3,(H,83,86)/b14-12-,20-18-,29-27-. The van der Waals surface area contributed by atoms with Gasteiger partial charge in [-0.1, -0.05) is 391 Å². The van der Waals surface area contributed by atoms with Crippen molar-refractivity contribution in [2.75, 3.05) is 13.2 Å². The number of aliphatic hydroxyl groups is 2. The Hall–Kier alpha value is -1.92. The van der Waals surface area contributed by atoms with Gasteiger partial charge < -0.3 is 20.3 Å². The first-order chi connectivity index (χ1) is 43.5. The third kappa shape index (κ3) is 73.1. The smallest absolute Gasteiger partial charge is 0.305 e. The number of hydrogen-bond donors (Lipinski definition) is 3. The summed E-state index contributed by atoms with van der Waals surface area (Å²) < 4.78 is 5.51. The summed E-state index contributed by atoms with van der Waals surface area (Å²) in [6.07, 6.45) is 101. The molecule has 1 amide bonds. The molecule has 6 heteroatoms. The molecule has 2 unspecified atom stereocenters. The van der Waals surface area contributed by atoms with Crippen LogP contribution in [0.4, 0.5) is 0 Å². The fraction of sp³-hybridized carbons (Fsp3) is 0.902. The summed E-state index contributed by atoms with van der Waals surface area (Å²) in [5, 5.41) is 23.4. The number of carbonyl (C=O) groups excluding carboxylic acids is 2. The molecular weight excluding hydrogens is 1080 g/mol. The second-order valence-electron chi connectivity index (χ2n) is 27.7. The maximum atomic E-state index is 12.6. The van der Waals surface area contributed by atoms with E-state index in [0.717, 1.165) is 51.4 Å². The Labute approximate surface area is 551 Å². The molecule has 6 nitrogen and oxygen atoms in total. The highest BCUT2D eigenvalue weighted by Gasteiger charge is 2.20. The number of amides is 1. The van der Waals surface area contributed by atoms with E-state index in [1.165, 1.54) is 366 Å². The summed E-state index contributed by atoms with van der Waals surface area (Å²) in [5.41, 5.74) is 0. The summed E-state index contributed by atoms with van der Waals surface area (Å²) in [5.74, 6) is -0.0123. The van der Waals surface area contributed by atoms with Crippen molar-refractivity contribution >= 4 is 11.9 Å². The molecule has 0 aliphatic rings. The number of rotatable bonds is 76. The Morgan fingerprint density at radius 3 is 0.898 bits per heavy atom. The van der Waals surface area contributed by atoms with Gasteiger partial charge >= 0.3 is 5.97 Å². The first-order valence-electron chi connectivity index (χ1n) is 40.2. The lowest BCUT2D eigenvalue weighted by molar-refractivity contribution is -0.143. The van der Waals surface area contributed by atoms with Gasteiger partial charge in [0.25, 0.3) is 0 Å². The van der Waals surface area contributed by atoms with Crippen molar-refractivity contribution in [3.63, 3.8) is 0 Å². The second-order valence-corrected chi connectivity index (χ2v) is 27.7. The van der Waals surface area contributed by atoms with Crippen LogP contribution in [0.15, 0.2) is 36.5 Å². The topological polar surface area (TPSA) is 95.9 Å². The van der Waals surface area contributed by atoms with E-state index in [1.54, 1.807) is 0 Å². The summed E-state index contributed by atoms with van der Waals surface area (Å²) >= 11 is 0. The predicted molar refractivity (Wildman–Crippen MR) is 389 cm³/mol. The van der Waals surface area contributed by atoms with E-state index in [2.05, 4.69) is 55.6 Å². The number of carbonyl (C=O) groups is 2. The molecule has 0 aromatic rings. The van der Waals surface area contributed by atoms with Crippen LogP contribution < -0.4 is 5.32 Å². The SMILES string of the molecule is CCCCC/C=C\C/C=C\CCCCCCCCCCCC(=O)OCCCCCCCCCCCCCC/C=C\CCCCCCCCCCCCCCCCCCC(=O)NC(CO)C(O)CCCCCCCCCCCCCCCCCCCCCC. The molecule has 0 aromatic carbocycles. The van der Waals surface area contributed by atoms with Gasteiger partial charge in [-0.15, -0.1) is 0 Å². The highest BCUT2D eigenvalue weighted by Crippen LogP contribution is 2.20. The van der Waals surface area contributed by atoms with Crippen molar-refractivity contribution in [1.29, 1.82) is 0 Å². The van der Waals surface area contributed by atoms with E-state index in [4.69, 9.17) is 4.74 Å². The molecule has 0 bridgehead atoms. The van der Waals surface area contributed by atoms with Gasteiger partial charge in [0.15, 0.2) is 0 Å². The molecular formula is C82H157NO5. The number of unbranched alkanes of at least 4 members (excludes halogenated alkanes) is 59. The van der Waals surface area contributed by atoms with Gasteiger partial charge in [-0.2, -0.15) is 0 Å². The lowest BCUT2D eigenvalue weighted by Gasteiger charge is -2.22. The summed E-state index contributed by atoms with van der Waals surface area (Å²) in [6, 6.07) is -0.541. The van der Waals surface area contributed by atoms with Crippen molar-refractivity contribution in [1.82, 2.24) is 5.32 Å². The van der Waals surface area contributed by atoms with E-state index in [-0.39, 0.29) is 18.5 Å². The van der Waals surface area contributed by atoms with Crippen LogP contribution in [-0.4, -0.2) is 47.4 Å². The van der Waals surface area contributed by atoms with E-state index in [9.17, 15) is 19.8 Å². The van der Waals surface area contributed by atoms with Gasteiger partial charge in [-0.3, -0.25) is 9.59 Å². The molecule has 0 saturated carbocycles. The molecule has 0 saturated heterocycles. The fourth-order valence-electron chi connectivity index (χ4n) is 12.8. The highest BCUT2D eigenvalue weighted by molar-refractivity contribution is 5.76. The van der Waals surface area contributed by atoms with Crippen LogP contribution in [0, 0.1) is 0 Å². The molecule has 0 aliphatic heterocycles. The average Bonchev–Trinajstić information content (AvgIpc) is 3.58. The average molecular weight is 1240 g/mol. The third-order valence-corrected chi connectivity index (χ3v) is 18.9. The summed E-state index contributed by atoms with van der Waals surface area (Å²) in [6.45, 7) is 4.98. The molecule has 3 N–H and O–H groups in total. The van der Waals surface area contributed by atoms with Crippen molar-refractivity contribution < 1.29 is 24.5 Å². The first-order valence-corrected chi connectivity index (χ1v) is 40.2. The van der Waals surface area contributed by atoms with E-state index in [1.807, 2.05) is 0 Å². The number of esters is 1. The zero-order valence-corrected chi connectivity index (χ0v) is 59.7. The third-order valence-electron chi connectivity index (χ3n) is 18.9. The summed E-state index contributed by atoms with van der Waals surface area (Å²) in [7, 11) is 0. The molecule has 520 valence electrons. The molecule has 0 heterocycles. The minimum Gasteiger partial charge on any atom is -0.466 e. The summed E-state index contributed by atoms with van der Waals surface area (Å²) in [4.78, 5) is 24.7. The van der Waals surface area contributed by atoms with Crippen molar-refractivity contribution in [3.8, 4) is 0 Å². The van der Waals surface area contributed by atoms with Gasteiger partial charge in [0.1, 0.15) is 0 Å². The van der Waals surface area contributed by atoms with Crippen LogP contribution in [0.1, 0.15) is 450 Å².